The van der Waals surface area contributed by atoms with Crippen LogP contribution in [0.4, 0.5) is 8.78 Å². The molecule has 4 heterocycles. The molecule has 5 aromatic rings. The molecular weight excluding hydrogens is 944 g/mol. The molecule has 3 aromatic carbocycles. The molecule has 2 saturated heterocycles. The topological polar surface area (TPSA) is 168 Å². The summed E-state index contributed by atoms with van der Waals surface area (Å²) in [4.78, 5) is 67.3. The van der Waals surface area contributed by atoms with Crippen LogP contribution in [-0.2, 0) is 56.8 Å². The van der Waals surface area contributed by atoms with Gasteiger partial charge in [-0.05, 0) is 130 Å². The van der Waals surface area contributed by atoms with Gasteiger partial charge < -0.3 is 34.7 Å². The van der Waals surface area contributed by atoms with Crippen LogP contribution in [0, 0.1) is 11.8 Å². The van der Waals surface area contributed by atoms with E-state index in [1.165, 1.54) is 12.8 Å². The number of aryl methyl sites for hydroxylation is 1. The van der Waals surface area contributed by atoms with E-state index >= 15 is 0 Å². The largest absolute Gasteiger partial charge is 0.481 e. The van der Waals surface area contributed by atoms with Gasteiger partial charge in [0, 0.05) is 60.0 Å². The van der Waals surface area contributed by atoms with Crippen LogP contribution in [0.25, 0.3) is 11.3 Å². The van der Waals surface area contributed by atoms with Crippen molar-refractivity contribution < 1.29 is 42.5 Å². The van der Waals surface area contributed by atoms with Gasteiger partial charge in [0.25, 0.3) is 0 Å². The third kappa shape index (κ3) is 14.3. The van der Waals surface area contributed by atoms with Crippen molar-refractivity contribution in [3.05, 3.63) is 130 Å². The van der Waals surface area contributed by atoms with Gasteiger partial charge in [0.05, 0.1) is 42.9 Å². The molecule has 2 aliphatic rings. The number of hydrogen-bond donors (Lipinski definition) is 3. The summed E-state index contributed by atoms with van der Waals surface area (Å²) in [6.45, 7) is 0.857. The third-order valence-electron chi connectivity index (χ3n) is 13.1. The smallest absolute Gasteiger partial charge is 0.345 e. The van der Waals surface area contributed by atoms with E-state index < -0.39 is 66.7 Å². The number of likely N-dealkylation sites (tertiary alicyclic amines) is 2. The highest BCUT2D eigenvalue weighted by atomic mass is 35.5. The van der Waals surface area contributed by atoms with E-state index in [1.54, 1.807) is 72.6 Å². The number of carbonyl (C=O) groups is 4. The van der Waals surface area contributed by atoms with Gasteiger partial charge in [0.1, 0.15) is 23.4 Å². The first kappa shape index (κ1) is 51.9. The Kier molecular flexibility index (Phi) is 18.0. The molecule has 0 spiro atoms. The van der Waals surface area contributed by atoms with Gasteiger partial charge in [-0.3, -0.25) is 29.1 Å². The maximum atomic E-state index is 14.3. The Morgan fingerprint density at radius 3 is 2.34 bits per heavy atom. The van der Waals surface area contributed by atoms with Gasteiger partial charge in [-0.15, -0.1) is 0 Å². The highest BCUT2D eigenvalue weighted by Gasteiger charge is 2.42. The number of aromatic nitrogens is 3. The molecule has 2 aliphatic heterocycles. The summed E-state index contributed by atoms with van der Waals surface area (Å²) in [6.07, 6.45) is 7.19. The zero-order valence-electron chi connectivity index (χ0n) is 39.3. The van der Waals surface area contributed by atoms with Gasteiger partial charge in [0.15, 0.2) is 0 Å². The van der Waals surface area contributed by atoms with E-state index in [0.29, 0.717) is 59.5 Å². The molecule has 0 unspecified atom stereocenters. The minimum Gasteiger partial charge on any atom is -0.481 e. The first-order chi connectivity index (χ1) is 33.6. The van der Waals surface area contributed by atoms with Crippen LogP contribution in [0.3, 0.4) is 0 Å². The molecule has 2 aromatic heterocycles. The second-order valence-electron chi connectivity index (χ2n) is 18.3. The number of alkyl halides is 2. The fourth-order valence-electron chi connectivity index (χ4n) is 9.26. The van der Waals surface area contributed by atoms with E-state index in [2.05, 4.69) is 34.8 Å². The Morgan fingerprint density at radius 1 is 0.900 bits per heavy atom. The van der Waals surface area contributed by atoms with Crippen LogP contribution in [0.2, 0.25) is 10.0 Å². The number of imidazole rings is 1. The van der Waals surface area contributed by atoms with Crippen molar-refractivity contribution in [2.24, 2.45) is 18.9 Å². The Labute approximate surface area is 416 Å². The lowest BCUT2D eigenvalue weighted by Crippen LogP contribution is -2.64. The molecule has 0 saturated carbocycles. The summed E-state index contributed by atoms with van der Waals surface area (Å²) in [6, 6.07) is 23.6. The molecule has 4 atom stereocenters. The molecule has 0 aliphatic carbocycles. The van der Waals surface area contributed by atoms with Crippen LogP contribution in [0.1, 0.15) is 68.1 Å². The summed E-state index contributed by atoms with van der Waals surface area (Å²) in [5.74, 6) is -2.48. The second kappa shape index (κ2) is 24.3. The van der Waals surface area contributed by atoms with Crippen LogP contribution >= 0.6 is 23.2 Å². The number of ether oxygens (including phenoxy) is 2. The maximum Gasteiger partial charge on any atom is 0.345 e. The Hall–Kier alpha value is -5.94. The van der Waals surface area contributed by atoms with Crippen molar-refractivity contribution in [3.63, 3.8) is 0 Å². The number of pyridine rings is 1. The van der Waals surface area contributed by atoms with Crippen molar-refractivity contribution in [1.29, 1.82) is 0 Å². The number of benzene rings is 3. The van der Waals surface area contributed by atoms with Gasteiger partial charge in [-0.25, -0.2) is 4.98 Å². The van der Waals surface area contributed by atoms with Crippen LogP contribution in [0.15, 0.2) is 97.3 Å². The number of carbonyl (C=O) groups excluding carboxylic acids is 3. The second-order valence-corrected chi connectivity index (χ2v) is 19.2. The average Bonchev–Trinajstić information content (AvgIpc) is 3.99. The quantitative estimate of drug-likeness (QED) is 0.0612. The van der Waals surface area contributed by atoms with Crippen LogP contribution < -0.4 is 15.4 Å². The van der Waals surface area contributed by atoms with Crippen molar-refractivity contribution in [1.82, 2.24) is 35.0 Å². The lowest BCUT2D eigenvalue weighted by atomic mass is 9.82. The van der Waals surface area contributed by atoms with Crippen LogP contribution in [-0.4, -0.2) is 104 Å². The number of nitrogens with zero attached hydrogens (tertiary/aromatic N) is 5. The molecule has 2 fully saturated rings. The van der Waals surface area contributed by atoms with Crippen molar-refractivity contribution in [3.8, 4) is 22.8 Å². The van der Waals surface area contributed by atoms with Gasteiger partial charge >= 0.3 is 12.6 Å². The molecule has 14 nitrogen and oxygen atoms in total. The van der Waals surface area contributed by atoms with Gasteiger partial charge in [-0.1, -0.05) is 54.4 Å². The first-order valence-corrected chi connectivity index (χ1v) is 24.4. The predicted molar refractivity (Wildman–Crippen MR) is 262 cm³/mol. The molecule has 0 radical (unpaired) electrons. The van der Waals surface area contributed by atoms with Crippen LogP contribution in [0.5, 0.6) is 11.5 Å². The number of rotatable bonds is 22. The van der Waals surface area contributed by atoms with Gasteiger partial charge in [-0.2, -0.15) is 8.78 Å². The zero-order chi connectivity index (χ0) is 49.8. The Morgan fingerprint density at radius 2 is 1.64 bits per heavy atom. The third-order valence-corrected chi connectivity index (χ3v) is 13.5. The van der Waals surface area contributed by atoms with E-state index in [9.17, 15) is 33.1 Å². The van der Waals surface area contributed by atoms with Crippen molar-refractivity contribution in [2.45, 2.75) is 89.4 Å². The number of aliphatic carboxylic acids is 1. The summed E-state index contributed by atoms with van der Waals surface area (Å²) < 4.78 is 40.3. The fraction of sp³-hybridized carbons (Fsp3) is 0.423. The lowest BCUT2D eigenvalue weighted by molar-refractivity contribution is -0.150. The molecule has 70 heavy (non-hydrogen) atoms. The Bertz CT molecular complexity index is 2560. The van der Waals surface area contributed by atoms with E-state index in [1.807, 2.05) is 43.6 Å². The number of amides is 3. The Balaban J connectivity index is 1.02. The molecule has 3 amide bonds. The number of nitrogens with one attached hydrogen (secondary N) is 2. The summed E-state index contributed by atoms with van der Waals surface area (Å²) in [7, 11) is 2.02. The summed E-state index contributed by atoms with van der Waals surface area (Å²) in [5.41, 5.74) is 2.91. The first-order valence-electron chi connectivity index (χ1n) is 23.6. The maximum absolute atomic E-state index is 14.3. The predicted octanol–water partition coefficient (Wildman–Crippen LogP) is 8.52. The number of carboxylic acids is 1. The van der Waals surface area contributed by atoms with Crippen molar-refractivity contribution in [2.75, 3.05) is 32.8 Å². The minimum atomic E-state index is -3.23. The molecule has 372 valence electrons. The van der Waals surface area contributed by atoms with E-state index in [4.69, 9.17) is 27.9 Å². The van der Waals surface area contributed by atoms with Gasteiger partial charge in [0.2, 0.25) is 17.7 Å². The van der Waals surface area contributed by atoms with Crippen molar-refractivity contribution >= 4 is 46.9 Å². The number of piperidine rings is 1. The zero-order valence-corrected chi connectivity index (χ0v) is 40.8. The summed E-state index contributed by atoms with van der Waals surface area (Å²) >= 11 is 12.6. The SMILES string of the molecule is C[C@H](CCc1ccc(Cl)cc1Oc1ccc(-c2cnc(CN3CCCC3)n2C)cc1)C(=O)N[C@@H](COC(F)F)C(=O)N[C@@]1(Cc2ccc(Cl)cc2)CCCN(C(=O)[C@@H](CC(=O)O)Cc2ccccn2)C1. The fourth-order valence-corrected chi connectivity index (χ4v) is 9.55. The molecular formula is C52H59Cl2F2N7O7. The lowest BCUT2D eigenvalue weighted by Gasteiger charge is -2.45. The highest BCUT2D eigenvalue weighted by Crippen LogP contribution is 2.33. The summed E-state index contributed by atoms with van der Waals surface area (Å²) in [5, 5.41) is 16.4. The monoisotopic (exact) mass is 1000 g/mol. The molecule has 0 bridgehead atoms. The van der Waals surface area contributed by atoms with E-state index in [-0.39, 0.29) is 19.4 Å². The highest BCUT2D eigenvalue weighted by molar-refractivity contribution is 6.31. The number of halogens is 4. The standard InChI is InChI=1S/C52H59Cl2F2N7O7/c1-34(9-12-37-13-18-40(54)28-45(37)70-42-19-14-36(15-20-42)44-30-58-46(61(44)2)31-62-23-5-6-24-62)48(66)59-43(32-69-51(55)56)49(67)60-52(29-35-10-16-39(53)17-11-35)21-7-25-63(33-52)50(68)38(27-47(64)65)26-41-8-3-4-22-57-41/h3-4,8,10-11,13-20,22,28,30,34,38,43,51H,5-7,9,12,21,23-27,29,31-33H2,1-2H3,(H,59,66)(H,60,67)(H,64,65)/t34-,38-,43+,52-/m1/s1. The average molecular weight is 1000 g/mol. The minimum absolute atomic E-state index is 0.0227. The van der Waals surface area contributed by atoms with E-state index in [0.717, 1.165) is 47.8 Å². The normalized spacial score (nSPS) is 17.5. The molecule has 7 rings (SSSR count). The number of carboxylic acid groups (broad SMARTS) is 1. The number of hydrogen-bond acceptors (Lipinski definition) is 9. The molecule has 18 heteroatoms. The molecule has 3 N–H and O–H groups in total.